The van der Waals surface area contributed by atoms with Gasteiger partial charge in [-0.3, -0.25) is 0 Å². The molecule has 0 aliphatic heterocycles. The molecule has 0 bridgehead atoms. The summed E-state index contributed by atoms with van der Waals surface area (Å²) in [6.45, 7) is 7.00. The van der Waals surface area contributed by atoms with Gasteiger partial charge in [-0.1, -0.05) is 12.2 Å². The first-order valence-electron chi connectivity index (χ1n) is 4.49. The van der Waals surface area contributed by atoms with Crippen LogP contribution >= 0.6 is 27.3 Å². The summed E-state index contributed by atoms with van der Waals surface area (Å²) >= 11 is 5.05. The molecule has 0 atom stereocenters. The first kappa shape index (κ1) is 12.3. The molecular weight excluding hydrogens is 274 g/mol. The Hall–Kier alpha value is -0.810. The van der Waals surface area contributed by atoms with E-state index in [-0.39, 0.29) is 0 Å². The van der Waals surface area contributed by atoms with E-state index in [0.29, 0.717) is 19.0 Å². The van der Waals surface area contributed by atoms with Crippen LogP contribution in [0.1, 0.15) is 11.8 Å². The minimum Gasteiger partial charge on any atom is -0.370 e. The molecule has 5 heteroatoms. The minimum atomic E-state index is 0.461. The van der Waals surface area contributed by atoms with Crippen LogP contribution in [-0.2, 0) is 6.54 Å². The van der Waals surface area contributed by atoms with Crippen molar-refractivity contribution in [2.24, 2.45) is 10.7 Å². The highest BCUT2D eigenvalue weighted by Crippen LogP contribution is 2.20. The lowest BCUT2D eigenvalue weighted by molar-refractivity contribution is 0.945. The van der Waals surface area contributed by atoms with E-state index in [1.165, 1.54) is 4.88 Å². The zero-order valence-corrected chi connectivity index (χ0v) is 11.0. The number of nitrogens with one attached hydrogen (secondary N) is 1. The third-order valence-corrected chi connectivity index (χ3v) is 3.28. The molecule has 0 saturated heterocycles. The van der Waals surface area contributed by atoms with Crippen LogP contribution in [0.15, 0.2) is 33.1 Å². The monoisotopic (exact) mass is 287 g/mol. The average Bonchev–Trinajstić information content (AvgIpc) is 2.58. The zero-order valence-electron chi connectivity index (χ0n) is 8.59. The van der Waals surface area contributed by atoms with Crippen molar-refractivity contribution >= 4 is 33.2 Å². The summed E-state index contributed by atoms with van der Waals surface area (Å²) in [5, 5.41) is 5.01. The van der Waals surface area contributed by atoms with Gasteiger partial charge in [-0.2, -0.15) is 0 Å². The summed E-state index contributed by atoms with van der Waals surface area (Å²) in [4.78, 5) is 5.39. The summed E-state index contributed by atoms with van der Waals surface area (Å²) in [5.41, 5.74) is 6.70. The van der Waals surface area contributed by atoms with Crippen LogP contribution in [0.3, 0.4) is 0 Å². The first-order valence-corrected chi connectivity index (χ1v) is 6.16. The molecule has 3 nitrogen and oxygen atoms in total. The number of hydrogen-bond acceptors (Lipinski definition) is 2. The molecule has 1 aromatic rings. The van der Waals surface area contributed by atoms with Crippen molar-refractivity contribution in [3.63, 3.8) is 0 Å². The van der Waals surface area contributed by atoms with Gasteiger partial charge < -0.3 is 11.1 Å². The van der Waals surface area contributed by atoms with Crippen LogP contribution in [0.5, 0.6) is 0 Å². The van der Waals surface area contributed by atoms with E-state index in [9.17, 15) is 0 Å². The van der Waals surface area contributed by atoms with Crippen molar-refractivity contribution in [1.82, 2.24) is 5.32 Å². The Bertz CT molecular complexity index is 370. The number of halogens is 1. The molecule has 0 amide bonds. The van der Waals surface area contributed by atoms with Gasteiger partial charge in [-0.15, -0.1) is 11.3 Å². The van der Waals surface area contributed by atoms with Crippen molar-refractivity contribution in [1.29, 1.82) is 0 Å². The number of nitrogens with zero attached hydrogens (tertiary/aromatic N) is 1. The van der Waals surface area contributed by atoms with Gasteiger partial charge in [-0.25, -0.2) is 4.99 Å². The van der Waals surface area contributed by atoms with E-state index in [0.717, 1.165) is 10.0 Å². The Morgan fingerprint density at radius 3 is 3.00 bits per heavy atom. The SMILES string of the molecule is C=C(C)CNC(N)=NCc1cc(Br)cs1. The Kier molecular flexibility index (Phi) is 4.84. The van der Waals surface area contributed by atoms with Gasteiger partial charge in [-0.05, 0) is 28.9 Å². The molecule has 0 radical (unpaired) electrons. The van der Waals surface area contributed by atoms with Crippen molar-refractivity contribution in [3.8, 4) is 0 Å². The fourth-order valence-electron chi connectivity index (χ4n) is 0.897. The van der Waals surface area contributed by atoms with Gasteiger partial charge in [0.1, 0.15) is 0 Å². The standard InChI is InChI=1S/C10H14BrN3S/c1-7(2)4-13-10(12)14-5-9-3-8(11)6-15-9/h3,6H,1,4-5H2,2H3,(H3,12,13,14). The number of nitrogens with two attached hydrogens (primary N) is 1. The van der Waals surface area contributed by atoms with Crippen molar-refractivity contribution < 1.29 is 0 Å². The van der Waals surface area contributed by atoms with Gasteiger partial charge in [0.2, 0.25) is 0 Å². The predicted molar refractivity (Wildman–Crippen MR) is 70.2 cm³/mol. The van der Waals surface area contributed by atoms with E-state index >= 15 is 0 Å². The third kappa shape index (κ3) is 4.99. The second-order valence-electron chi connectivity index (χ2n) is 3.24. The number of aliphatic imine (C=N–C) groups is 1. The molecule has 0 aliphatic rings. The molecule has 0 fully saturated rings. The molecule has 1 rings (SSSR count). The molecule has 0 aromatic carbocycles. The van der Waals surface area contributed by atoms with Crippen LogP contribution < -0.4 is 11.1 Å². The number of guanidine groups is 1. The highest BCUT2D eigenvalue weighted by atomic mass is 79.9. The van der Waals surface area contributed by atoms with Gasteiger partial charge in [0.05, 0.1) is 6.54 Å². The predicted octanol–water partition coefficient (Wildman–Crippen LogP) is 2.49. The summed E-state index contributed by atoms with van der Waals surface area (Å²) in [6, 6.07) is 2.04. The lowest BCUT2D eigenvalue weighted by Crippen LogP contribution is -2.32. The van der Waals surface area contributed by atoms with Crippen molar-refractivity contribution in [2.45, 2.75) is 13.5 Å². The molecule has 0 spiro atoms. The maximum atomic E-state index is 5.67. The Morgan fingerprint density at radius 2 is 2.47 bits per heavy atom. The van der Waals surface area contributed by atoms with E-state index < -0.39 is 0 Å². The van der Waals surface area contributed by atoms with Crippen LogP contribution in [0.2, 0.25) is 0 Å². The largest absolute Gasteiger partial charge is 0.370 e. The number of rotatable bonds is 4. The first-order chi connectivity index (χ1) is 7.08. The Morgan fingerprint density at radius 1 is 1.73 bits per heavy atom. The van der Waals surface area contributed by atoms with Crippen LogP contribution in [0.25, 0.3) is 0 Å². The molecule has 15 heavy (non-hydrogen) atoms. The second kappa shape index (κ2) is 5.92. The smallest absolute Gasteiger partial charge is 0.189 e. The molecule has 3 N–H and O–H groups in total. The maximum Gasteiger partial charge on any atom is 0.189 e. The van der Waals surface area contributed by atoms with E-state index in [1.807, 2.05) is 18.4 Å². The minimum absolute atomic E-state index is 0.461. The molecule has 1 aromatic heterocycles. The van der Waals surface area contributed by atoms with Crippen LogP contribution in [0, 0.1) is 0 Å². The second-order valence-corrected chi connectivity index (χ2v) is 5.15. The van der Waals surface area contributed by atoms with Crippen LogP contribution in [0.4, 0.5) is 0 Å². The molecule has 0 saturated carbocycles. The van der Waals surface area contributed by atoms with E-state index in [1.54, 1.807) is 11.3 Å². The summed E-state index contributed by atoms with van der Waals surface area (Å²) in [6.07, 6.45) is 0. The highest BCUT2D eigenvalue weighted by Gasteiger charge is 1.96. The zero-order chi connectivity index (χ0) is 11.3. The fourth-order valence-corrected chi connectivity index (χ4v) is 2.27. The van der Waals surface area contributed by atoms with Crippen LogP contribution in [-0.4, -0.2) is 12.5 Å². The van der Waals surface area contributed by atoms with Crippen molar-refractivity contribution in [2.75, 3.05) is 6.54 Å². The fraction of sp³-hybridized carbons (Fsp3) is 0.300. The quantitative estimate of drug-likeness (QED) is 0.508. The van der Waals surface area contributed by atoms with Gasteiger partial charge in [0, 0.05) is 21.3 Å². The van der Waals surface area contributed by atoms with Gasteiger partial charge in [0.25, 0.3) is 0 Å². The highest BCUT2D eigenvalue weighted by molar-refractivity contribution is 9.10. The summed E-state index contributed by atoms with van der Waals surface area (Å²) in [7, 11) is 0. The Labute approximate surface area is 102 Å². The summed E-state index contributed by atoms with van der Waals surface area (Å²) in [5.74, 6) is 0.461. The molecule has 82 valence electrons. The summed E-state index contributed by atoms with van der Waals surface area (Å²) < 4.78 is 1.09. The van der Waals surface area contributed by atoms with Crippen molar-refractivity contribution in [3.05, 3.63) is 32.9 Å². The normalized spacial score (nSPS) is 11.5. The molecule has 0 aliphatic carbocycles. The Balaban J connectivity index is 2.40. The lowest BCUT2D eigenvalue weighted by Gasteiger charge is -2.03. The number of thiophene rings is 1. The van der Waals surface area contributed by atoms with E-state index in [4.69, 9.17) is 5.73 Å². The lowest BCUT2D eigenvalue weighted by atomic mass is 10.3. The van der Waals surface area contributed by atoms with E-state index in [2.05, 4.69) is 32.8 Å². The number of hydrogen-bond donors (Lipinski definition) is 2. The molecular formula is C10H14BrN3S. The average molecular weight is 288 g/mol. The topological polar surface area (TPSA) is 50.4 Å². The molecule has 1 heterocycles. The van der Waals surface area contributed by atoms with Gasteiger partial charge in [0.15, 0.2) is 5.96 Å². The van der Waals surface area contributed by atoms with Gasteiger partial charge >= 0.3 is 0 Å². The molecule has 0 unspecified atom stereocenters. The third-order valence-electron chi connectivity index (χ3n) is 1.60. The maximum absolute atomic E-state index is 5.67.